The molecule has 10 heteroatoms. The SMILES string of the molecule is Cc1cc(OCc2sc(-c3ccc(OC(F)(F)C(F)F)cc3)cc2C)ccc1OCC(=O)O. The molecule has 176 valence electrons. The molecule has 33 heavy (non-hydrogen) atoms. The third-order valence-corrected chi connectivity index (χ3v) is 5.79. The number of alkyl halides is 4. The average molecular weight is 484 g/mol. The van der Waals surface area contributed by atoms with Gasteiger partial charge in [0.1, 0.15) is 23.9 Å². The van der Waals surface area contributed by atoms with Crippen molar-refractivity contribution in [2.45, 2.75) is 33.0 Å². The summed E-state index contributed by atoms with van der Waals surface area (Å²) in [6.45, 7) is 3.55. The number of carboxylic acid groups (broad SMARTS) is 1. The number of aliphatic carboxylic acids is 1. The molecule has 3 rings (SSSR count). The normalized spacial score (nSPS) is 11.5. The molecule has 0 aliphatic heterocycles. The van der Waals surface area contributed by atoms with Crippen LogP contribution in [0.1, 0.15) is 16.0 Å². The lowest BCUT2D eigenvalue weighted by Crippen LogP contribution is -2.33. The van der Waals surface area contributed by atoms with Gasteiger partial charge >= 0.3 is 18.5 Å². The first kappa shape index (κ1) is 24.4. The number of hydrogen-bond donors (Lipinski definition) is 1. The van der Waals surface area contributed by atoms with E-state index in [1.807, 2.05) is 13.0 Å². The van der Waals surface area contributed by atoms with E-state index in [4.69, 9.17) is 14.6 Å². The molecule has 0 aliphatic carbocycles. The standard InChI is InChI=1S/C23H20F4O5S/c1-13-9-17(7-8-18(13)31-12-21(28)29)30-11-20-14(2)10-19(33-20)15-3-5-16(6-4-15)32-23(26,27)22(24)25/h3-10,22H,11-12H2,1-2H3,(H,28,29). The van der Waals surface area contributed by atoms with Crippen molar-refractivity contribution >= 4 is 17.3 Å². The summed E-state index contributed by atoms with van der Waals surface area (Å²) in [5, 5.41) is 8.71. The predicted octanol–water partition coefficient (Wildman–Crippen LogP) is 6.31. The molecular weight excluding hydrogens is 464 g/mol. The van der Waals surface area contributed by atoms with Crippen molar-refractivity contribution < 1.29 is 41.7 Å². The maximum Gasteiger partial charge on any atom is 0.461 e. The Morgan fingerprint density at radius 2 is 1.67 bits per heavy atom. The van der Waals surface area contributed by atoms with Crippen LogP contribution < -0.4 is 14.2 Å². The molecule has 0 spiro atoms. The monoisotopic (exact) mass is 484 g/mol. The van der Waals surface area contributed by atoms with Crippen LogP contribution in [-0.2, 0) is 11.4 Å². The molecule has 5 nitrogen and oxygen atoms in total. The molecule has 0 aliphatic rings. The topological polar surface area (TPSA) is 65.0 Å². The third-order valence-electron chi connectivity index (χ3n) is 4.53. The zero-order valence-electron chi connectivity index (χ0n) is 17.6. The summed E-state index contributed by atoms with van der Waals surface area (Å²) >= 11 is 1.45. The van der Waals surface area contributed by atoms with Crippen molar-refractivity contribution in [1.82, 2.24) is 0 Å². The van der Waals surface area contributed by atoms with Crippen LogP contribution in [0.5, 0.6) is 17.2 Å². The van der Waals surface area contributed by atoms with Gasteiger partial charge in [-0.2, -0.15) is 17.6 Å². The summed E-state index contributed by atoms with van der Waals surface area (Å²) in [6.07, 6.45) is -8.47. The molecule has 0 amide bonds. The van der Waals surface area contributed by atoms with E-state index in [0.29, 0.717) is 11.5 Å². The molecule has 0 saturated heterocycles. The van der Waals surface area contributed by atoms with E-state index < -0.39 is 25.1 Å². The first-order chi connectivity index (χ1) is 15.5. The van der Waals surface area contributed by atoms with Gasteiger partial charge in [-0.3, -0.25) is 0 Å². The molecule has 0 saturated carbocycles. The van der Waals surface area contributed by atoms with Gasteiger partial charge in [-0.05, 0) is 79.1 Å². The lowest BCUT2D eigenvalue weighted by molar-refractivity contribution is -0.253. The van der Waals surface area contributed by atoms with Crippen LogP contribution in [0, 0.1) is 13.8 Å². The van der Waals surface area contributed by atoms with Gasteiger partial charge in [0.05, 0.1) is 0 Å². The van der Waals surface area contributed by atoms with E-state index in [9.17, 15) is 22.4 Å². The minimum atomic E-state index is -4.55. The predicted molar refractivity (Wildman–Crippen MR) is 115 cm³/mol. The summed E-state index contributed by atoms with van der Waals surface area (Å²) < 4.78 is 65.7. The fourth-order valence-electron chi connectivity index (χ4n) is 2.86. The first-order valence-electron chi connectivity index (χ1n) is 9.68. The maximum atomic E-state index is 13.0. The molecule has 0 radical (unpaired) electrons. The van der Waals surface area contributed by atoms with Crippen LogP contribution >= 0.6 is 11.3 Å². The molecule has 1 heterocycles. The van der Waals surface area contributed by atoms with Crippen LogP contribution in [0.15, 0.2) is 48.5 Å². The molecule has 0 bridgehead atoms. The van der Waals surface area contributed by atoms with Crippen LogP contribution in [-0.4, -0.2) is 30.2 Å². The molecule has 3 aromatic rings. The highest BCUT2D eigenvalue weighted by Crippen LogP contribution is 2.34. The maximum absolute atomic E-state index is 13.0. The summed E-state index contributed by atoms with van der Waals surface area (Å²) in [5.74, 6) is -0.372. The molecule has 1 N–H and O–H groups in total. The summed E-state index contributed by atoms with van der Waals surface area (Å²) in [5.41, 5.74) is 2.42. The van der Waals surface area contributed by atoms with Gasteiger partial charge in [0, 0.05) is 9.75 Å². The van der Waals surface area contributed by atoms with Crippen molar-refractivity contribution in [2.24, 2.45) is 0 Å². The van der Waals surface area contributed by atoms with Crippen molar-refractivity contribution in [3.63, 3.8) is 0 Å². The second-order valence-electron chi connectivity index (χ2n) is 7.10. The Hall–Kier alpha value is -3.27. The highest BCUT2D eigenvalue weighted by molar-refractivity contribution is 7.15. The zero-order chi connectivity index (χ0) is 24.2. The van der Waals surface area contributed by atoms with E-state index >= 15 is 0 Å². The van der Waals surface area contributed by atoms with Gasteiger partial charge in [-0.25, -0.2) is 4.79 Å². The molecule has 1 aromatic heterocycles. The fraction of sp³-hybridized carbons (Fsp3) is 0.261. The molecule has 0 fully saturated rings. The molecule has 2 aromatic carbocycles. The second kappa shape index (κ2) is 10.1. The first-order valence-corrected chi connectivity index (χ1v) is 10.5. The van der Waals surface area contributed by atoms with Gasteiger partial charge < -0.3 is 19.3 Å². The Morgan fingerprint density at radius 3 is 2.27 bits per heavy atom. The van der Waals surface area contributed by atoms with Crippen molar-refractivity contribution in [2.75, 3.05) is 6.61 Å². The zero-order valence-corrected chi connectivity index (χ0v) is 18.4. The van der Waals surface area contributed by atoms with Crippen LogP contribution in [0.25, 0.3) is 10.4 Å². The van der Waals surface area contributed by atoms with Crippen molar-refractivity contribution in [1.29, 1.82) is 0 Å². The number of aryl methyl sites for hydroxylation is 2. The van der Waals surface area contributed by atoms with Gasteiger partial charge in [-0.15, -0.1) is 11.3 Å². The second-order valence-corrected chi connectivity index (χ2v) is 8.24. The Kier molecular flexibility index (Phi) is 7.47. The van der Waals surface area contributed by atoms with Gasteiger partial charge in [0.25, 0.3) is 0 Å². The smallest absolute Gasteiger partial charge is 0.461 e. The number of carboxylic acids is 1. The number of halogens is 4. The number of benzene rings is 2. The minimum absolute atomic E-state index is 0.285. The fourth-order valence-corrected chi connectivity index (χ4v) is 3.95. The highest BCUT2D eigenvalue weighted by atomic mass is 32.1. The van der Waals surface area contributed by atoms with Crippen molar-refractivity contribution in [3.8, 4) is 27.7 Å². The Labute approximate surface area is 191 Å². The van der Waals surface area contributed by atoms with E-state index in [0.717, 1.165) is 26.4 Å². The molecule has 0 atom stereocenters. The quantitative estimate of drug-likeness (QED) is 0.342. The van der Waals surface area contributed by atoms with E-state index in [1.165, 1.54) is 35.6 Å². The Bertz CT molecular complexity index is 1110. The van der Waals surface area contributed by atoms with Gasteiger partial charge in [-0.1, -0.05) is 0 Å². The highest BCUT2D eigenvalue weighted by Gasteiger charge is 2.43. The van der Waals surface area contributed by atoms with Crippen LogP contribution in [0.2, 0.25) is 0 Å². The van der Waals surface area contributed by atoms with E-state index in [2.05, 4.69) is 4.74 Å². The number of rotatable bonds is 10. The Balaban J connectivity index is 1.65. The molecule has 0 unspecified atom stereocenters. The molecular formula is C23H20F4O5S. The van der Waals surface area contributed by atoms with E-state index in [1.54, 1.807) is 25.1 Å². The minimum Gasteiger partial charge on any atom is -0.488 e. The van der Waals surface area contributed by atoms with Gasteiger partial charge in [0.2, 0.25) is 0 Å². The number of carbonyl (C=O) groups is 1. The summed E-state index contributed by atoms with van der Waals surface area (Å²) in [4.78, 5) is 12.4. The van der Waals surface area contributed by atoms with E-state index in [-0.39, 0.29) is 12.4 Å². The lowest BCUT2D eigenvalue weighted by Gasteiger charge is -2.16. The number of ether oxygens (including phenoxy) is 3. The Morgan fingerprint density at radius 1 is 1.00 bits per heavy atom. The largest absolute Gasteiger partial charge is 0.488 e. The number of thiophene rings is 1. The summed E-state index contributed by atoms with van der Waals surface area (Å²) in [7, 11) is 0. The lowest BCUT2D eigenvalue weighted by atomic mass is 10.1. The van der Waals surface area contributed by atoms with Crippen molar-refractivity contribution in [3.05, 3.63) is 64.5 Å². The van der Waals surface area contributed by atoms with Gasteiger partial charge in [0.15, 0.2) is 6.61 Å². The average Bonchev–Trinajstić information content (AvgIpc) is 3.12. The number of hydrogen-bond acceptors (Lipinski definition) is 5. The van der Waals surface area contributed by atoms with Crippen LogP contribution in [0.3, 0.4) is 0 Å². The van der Waals surface area contributed by atoms with Crippen LogP contribution in [0.4, 0.5) is 17.6 Å². The third kappa shape index (κ3) is 6.38. The summed E-state index contributed by atoms with van der Waals surface area (Å²) in [6, 6.07) is 12.5.